The van der Waals surface area contributed by atoms with Crippen LogP contribution in [0.2, 0.25) is 0 Å². The molecule has 0 saturated carbocycles. The van der Waals surface area contributed by atoms with Gasteiger partial charge in [-0.25, -0.2) is 9.67 Å². The van der Waals surface area contributed by atoms with E-state index in [1.807, 2.05) is 16.8 Å². The molecule has 0 spiro atoms. The molecule has 1 aromatic carbocycles. The average molecular weight is 245 g/mol. The molecule has 96 valence electrons. The Kier molecular flexibility index (Phi) is 4.47. The first-order valence-electron chi connectivity index (χ1n) is 6.35. The van der Waals surface area contributed by atoms with E-state index in [0.29, 0.717) is 6.61 Å². The Morgan fingerprint density at radius 2 is 2.22 bits per heavy atom. The summed E-state index contributed by atoms with van der Waals surface area (Å²) in [5.41, 5.74) is 2.24. The summed E-state index contributed by atoms with van der Waals surface area (Å²) in [6.45, 7) is 5.50. The van der Waals surface area contributed by atoms with Gasteiger partial charge in [0.1, 0.15) is 12.9 Å². The quantitative estimate of drug-likeness (QED) is 0.735. The summed E-state index contributed by atoms with van der Waals surface area (Å²) in [6, 6.07) is 8.20. The summed E-state index contributed by atoms with van der Waals surface area (Å²) in [5, 5.41) is 4.25. The van der Waals surface area contributed by atoms with Gasteiger partial charge in [0.15, 0.2) is 5.82 Å². The molecule has 1 heterocycles. The minimum absolute atomic E-state index is 0.508. The number of hydrogen-bond acceptors (Lipinski definition) is 3. The standard InChI is InChI=1S/C14H19N3O/c1-3-4-8-18-10-14-15-11-16-17(14)13-7-5-6-12(2)9-13/h5-7,9,11H,3-4,8,10H2,1-2H3. The monoisotopic (exact) mass is 245 g/mol. The molecule has 0 bridgehead atoms. The van der Waals surface area contributed by atoms with Gasteiger partial charge in [0.25, 0.3) is 0 Å². The molecule has 4 heteroatoms. The van der Waals surface area contributed by atoms with Crippen molar-refractivity contribution in [1.29, 1.82) is 0 Å². The van der Waals surface area contributed by atoms with Gasteiger partial charge in [-0.1, -0.05) is 25.5 Å². The SMILES string of the molecule is CCCCOCc1ncnn1-c1cccc(C)c1. The van der Waals surface area contributed by atoms with Crippen molar-refractivity contribution >= 4 is 0 Å². The fourth-order valence-corrected chi connectivity index (χ4v) is 1.75. The Bertz CT molecular complexity index is 493. The number of nitrogens with zero attached hydrogens (tertiary/aromatic N) is 3. The van der Waals surface area contributed by atoms with Crippen LogP contribution in [0, 0.1) is 6.92 Å². The van der Waals surface area contributed by atoms with Crippen LogP contribution in [-0.4, -0.2) is 21.4 Å². The lowest BCUT2D eigenvalue weighted by molar-refractivity contribution is 0.111. The van der Waals surface area contributed by atoms with Crippen LogP contribution in [0.15, 0.2) is 30.6 Å². The van der Waals surface area contributed by atoms with Crippen LogP contribution in [-0.2, 0) is 11.3 Å². The van der Waals surface area contributed by atoms with E-state index in [2.05, 4.69) is 36.1 Å². The molecule has 2 rings (SSSR count). The van der Waals surface area contributed by atoms with Crippen molar-refractivity contribution in [2.45, 2.75) is 33.3 Å². The van der Waals surface area contributed by atoms with E-state index in [-0.39, 0.29) is 0 Å². The van der Waals surface area contributed by atoms with Crippen LogP contribution < -0.4 is 0 Å². The first-order valence-corrected chi connectivity index (χ1v) is 6.35. The lowest BCUT2D eigenvalue weighted by Gasteiger charge is -2.07. The maximum absolute atomic E-state index is 5.59. The number of ether oxygens (including phenoxy) is 1. The highest BCUT2D eigenvalue weighted by Crippen LogP contribution is 2.11. The predicted octanol–water partition coefficient (Wildman–Crippen LogP) is 2.89. The van der Waals surface area contributed by atoms with E-state index in [0.717, 1.165) is 31.0 Å². The smallest absolute Gasteiger partial charge is 0.158 e. The first kappa shape index (κ1) is 12.8. The zero-order valence-corrected chi connectivity index (χ0v) is 11.0. The summed E-state index contributed by atoms with van der Waals surface area (Å²) in [7, 11) is 0. The van der Waals surface area contributed by atoms with Crippen molar-refractivity contribution in [1.82, 2.24) is 14.8 Å². The second-order valence-electron chi connectivity index (χ2n) is 4.33. The Balaban J connectivity index is 2.08. The van der Waals surface area contributed by atoms with Crippen molar-refractivity contribution in [2.75, 3.05) is 6.61 Å². The molecule has 0 fully saturated rings. The van der Waals surface area contributed by atoms with Crippen molar-refractivity contribution in [3.05, 3.63) is 42.0 Å². The number of aryl methyl sites for hydroxylation is 1. The molecule has 1 aromatic heterocycles. The molecule has 4 nitrogen and oxygen atoms in total. The second-order valence-corrected chi connectivity index (χ2v) is 4.33. The Morgan fingerprint density at radius 3 is 3.00 bits per heavy atom. The third-order valence-corrected chi connectivity index (χ3v) is 2.74. The zero-order chi connectivity index (χ0) is 12.8. The fourth-order valence-electron chi connectivity index (χ4n) is 1.75. The maximum atomic E-state index is 5.59. The number of aromatic nitrogens is 3. The largest absolute Gasteiger partial charge is 0.373 e. The summed E-state index contributed by atoms with van der Waals surface area (Å²) >= 11 is 0. The highest BCUT2D eigenvalue weighted by Gasteiger charge is 2.06. The lowest BCUT2D eigenvalue weighted by Crippen LogP contribution is -2.06. The van der Waals surface area contributed by atoms with Crippen LogP contribution in [0.4, 0.5) is 0 Å². The highest BCUT2D eigenvalue weighted by molar-refractivity contribution is 5.34. The minimum Gasteiger partial charge on any atom is -0.373 e. The molecule has 2 aromatic rings. The van der Waals surface area contributed by atoms with Gasteiger partial charge in [-0.3, -0.25) is 0 Å². The third-order valence-electron chi connectivity index (χ3n) is 2.74. The van der Waals surface area contributed by atoms with Gasteiger partial charge >= 0.3 is 0 Å². The molecule has 0 aliphatic rings. The summed E-state index contributed by atoms with van der Waals surface area (Å²) in [4.78, 5) is 4.25. The summed E-state index contributed by atoms with van der Waals surface area (Å²) in [5.74, 6) is 0.844. The van der Waals surface area contributed by atoms with Gasteiger partial charge in [0.2, 0.25) is 0 Å². The molecule has 18 heavy (non-hydrogen) atoms. The van der Waals surface area contributed by atoms with Gasteiger partial charge in [-0.15, -0.1) is 0 Å². The fraction of sp³-hybridized carbons (Fsp3) is 0.429. The Morgan fingerprint density at radius 1 is 1.33 bits per heavy atom. The van der Waals surface area contributed by atoms with E-state index in [4.69, 9.17) is 4.74 Å². The molecular formula is C14H19N3O. The van der Waals surface area contributed by atoms with Crippen molar-refractivity contribution in [3.8, 4) is 5.69 Å². The van der Waals surface area contributed by atoms with E-state index < -0.39 is 0 Å². The van der Waals surface area contributed by atoms with Crippen molar-refractivity contribution < 1.29 is 4.74 Å². The van der Waals surface area contributed by atoms with Crippen LogP contribution in [0.25, 0.3) is 5.69 Å². The topological polar surface area (TPSA) is 39.9 Å². The normalized spacial score (nSPS) is 10.8. The molecule has 0 atom stereocenters. The van der Waals surface area contributed by atoms with Gasteiger partial charge in [0, 0.05) is 6.61 Å². The Labute approximate surface area is 108 Å². The number of benzene rings is 1. The molecule has 0 N–H and O–H groups in total. The lowest BCUT2D eigenvalue weighted by atomic mass is 10.2. The third kappa shape index (κ3) is 3.17. The van der Waals surface area contributed by atoms with Crippen LogP contribution in [0.1, 0.15) is 31.2 Å². The molecule has 0 amide bonds. The first-order chi connectivity index (χ1) is 8.81. The molecule has 0 aliphatic heterocycles. The molecule has 0 unspecified atom stereocenters. The van der Waals surface area contributed by atoms with E-state index in [9.17, 15) is 0 Å². The van der Waals surface area contributed by atoms with Crippen molar-refractivity contribution in [2.24, 2.45) is 0 Å². The predicted molar refractivity (Wildman–Crippen MR) is 70.7 cm³/mol. The molecule has 0 saturated heterocycles. The second kappa shape index (κ2) is 6.31. The number of rotatable bonds is 6. The number of unbranched alkanes of at least 4 members (excludes halogenated alkanes) is 1. The average Bonchev–Trinajstić information content (AvgIpc) is 2.83. The van der Waals surface area contributed by atoms with Gasteiger partial charge in [-0.05, 0) is 31.0 Å². The molecule has 0 aliphatic carbocycles. The maximum Gasteiger partial charge on any atom is 0.158 e. The van der Waals surface area contributed by atoms with Crippen LogP contribution in [0.3, 0.4) is 0 Å². The number of hydrogen-bond donors (Lipinski definition) is 0. The van der Waals surface area contributed by atoms with Crippen LogP contribution >= 0.6 is 0 Å². The highest BCUT2D eigenvalue weighted by atomic mass is 16.5. The molecular weight excluding hydrogens is 226 g/mol. The van der Waals surface area contributed by atoms with Crippen molar-refractivity contribution in [3.63, 3.8) is 0 Å². The zero-order valence-electron chi connectivity index (χ0n) is 11.0. The van der Waals surface area contributed by atoms with E-state index in [1.54, 1.807) is 6.33 Å². The summed E-state index contributed by atoms with van der Waals surface area (Å²) in [6.07, 6.45) is 3.80. The Hall–Kier alpha value is -1.68. The van der Waals surface area contributed by atoms with Gasteiger partial charge in [0.05, 0.1) is 5.69 Å². The van der Waals surface area contributed by atoms with E-state index in [1.165, 1.54) is 5.56 Å². The van der Waals surface area contributed by atoms with Gasteiger partial charge in [-0.2, -0.15) is 5.10 Å². The van der Waals surface area contributed by atoms with E-state index >= 15 is 0 Å². The van der Waals surface area contributed by atoms with Crippen LogP contribution in [0.5, 0.6) is 0 Å². The minimum atomic E-state index is 0.508. The summed E-state index contributed by atoms with van der Waals surface area (Å²) < 4.78 is 7.42. The molecule has 0 radical (unpaired) electrons. The van der Waals surface area contributed by atoms with Gasteiger partial charge < -0.3 is 4.74 Å².